The number of nitrogens with one attached hydrogen (secondary N) is 2. The van der Waals surface area contributed by atoms with E-state index in [0.717, 1.165) is 6.07 Å². The molecule has 0 spiro atoms. The zero-order chi connectivity index (χ0) is 20.1. The number of carboxylic acid groups (broad SMARTS) is 1. The molecule has 0 aromatic heterocycles. The van der Waals surface area contributed by atoms with E-state index in [1.54, 1.807) is 34.6 Å². The van der Waals surface area contributed by atoms with Crippen molar-refractivity contribution in [2.45, 2.75) is 52.2 Å². The second-order valence-corrected chi connectivity index (χ2v) is 7.48. The van der Waals surface area contributed by atoms with Gasteiger partial charge in [-0.1, -0.05) is 0 Å². The summed E-state index contributed by atoms with van der Waals surface area (Å²) in [5.41, 5.74) is -1.47. The number of hydrogen-bond donors (Lipinski definition) is 3. The van der Waals surface area contributed by atoms with E-state index in [1.165, 1.54) is 12.1 Å². The molecular formula is C17H25N3O6. The van der Waals surface area contributed by atoms with E-state index in [2.05, 4.69) is 10.6 Å². The van der Waals surface area contributed by atoms with Crippen molar-refractivity contribution in [3.8, 4) is 0 Å². The summed E-state index contributed by atoms with van der Waals surface area (Å²) in [6.45, 7) is 9.24. The summed E-state index contributed by atoms with van der Waals surface area (Å²) >= 11 is 0. The smallest absolute Gasteiger partial charge is 0.408 e. The fourth-order valence-corrected chi connectivity index (χ4v) is 2.12. The minimum absolute atomic E-state index is 0.158. The number of nitro groups is 1. The molecule has 0 radical (unpaired) electrons. The minimum atomic E-state index is -1.23. The summed E-state index contributed by atoms with van der Waals surface area (Å²) in [5, 5.41) is 25.7. The first-order valence-corrected chi connectivity index (χ1v) is 8.07. The second kappa shape index (κ2) is 8.03. The van der Waals surface area contributed by atoms with E-state index in [9.17, 15) is 19.7 Å². The van der Waals surface area contributed by atoms with Crippen LogP contribution >= 0.6 is 0 Å². The molecule has 0 heterocycles. The first-order chi connectivity index (χ1) is 11.8. The van der Waals surface area contributed by atoms with Crippen LogP contribution in [-0.2, 0) is 4.74 Å². The first-order valence-electron chi connectivity index (χ1n) is 8.07. The number of amides is 1. The molecule has 26 heavy (non-hydrogen) atoms. The summed E-state index contributed by atoms with van der Waals surface area (Å²) in [7, 11) is 0. The molecule has 0 aliphatic rings. The Balaban J connectivity index is 2.70. The summed E-state index contributed by atoms with van der Waals surface area (Å²) in [6.07, 6.45) is -0.0799. The molecule has 0 bridgehead atoms. The number of carbonyl (C=O) groups excluding carboxylic acids is 1. The SMILES string of the molecule is CC(C)(CCNc1ccc(C(=O)O)cc1[N+](=O)[O-])NC(=O)OC(C)(C)C. The summed E-state index contributed by atoms with van der Waals surface area (Å²) in [5.74, 6) is -1.23. The van der Waals surface area contributed by atoms with Crippen LogP contribution < -0.4 is 10.6 Å². The van der Waals surface area contributed by atoms with Crippen LogP contribution in [0.4, 0.5) is 16.2 Å². The maximum absolute atomic E-state index is 11.9. The Labute approximate surface area is 151 Å². The van der Waals surface area contributed by atoms with Gasteiger partial charge < -0.3 is 20.5 Å². The summed E-state index contributed by atoms with van der Waals surface area (Å²) in [4.78, 5) is 33.3. The van der Waals surface area contributed by atoms with Crippen LogP contribution in [0.2, 0.25) is 0 Å². The van der Waals surface area contributed by atoms with Crippen LogP contribution in [0, 0.1) is 10.1 Å². The molecule has 0 saturated carbocycles. The number of ether oxygens (including phenoxy) is 1. The van der Waals surface area contributed by atoms with E-state index >= 15 is 0 Å². The van der Waals surface area contributed by atoms with Crippen LogP contribution in [0.5, 0.6) is 0 Å². The molecule has 3 N–H and O–H groups in total. The average Bonchev–Trinajstić information content (AvgIpc) is 2.43. The molecule has 0 saturated heterocycles. The maximum atomic E-state index is 11.9. The molecule has 9 heteroatoms. The third-order valence-electron chi connectivity index (χ3n) is 3.35. The van der Waals surface area contributed by atoms with E-state index in [-0.39, 0.29) is 16.9 Å². The number of anilines is 1. The van der Waals surface area contributed by atoms with E-state index in [4.69, 9.17) is 9.84 Å². The molecule has 9 nitrogen and oxygen atoms in total. The lowest BCUT2D eigenvalue weighted by Gasteiger charge is -2.28. The number of carbonyl (C=O) groups is 2. The highest BCUT2D eigenvalue weighted by atomic mass is 16.6. The molecule has 1 rings (SSSR count). The zero-order valence-electron chi connectivity index (χ0n) is 15.6. The fourth-order valence-electron chi connectivity index (χ4n) is 2.12. The number of carboxylic acids is 1. The van der Waals surface area contributed by atoms with Crippen LogP contribution in [0.15, 0.2) is 18.2 Å². The molecule has 0 aliphatic carbocycles. The van der Waals surface area contributed by atoms with Gasteiger partial charge in [0, 0.05) is 18.2 Å². The van der Waals surface area contributed by atoms with Crippen molar-refractivity contribution in [1.29, 1.82) is 0 Å². The van der Waals surface area contributed by atoms with Gasteiger partial charge in [0.2, 0.25) is 0 Å². The molecule has 0 atom stereocenters. The van der Waals surface area contributed by atoms with Gasteiger partial charge in [-0.3, -0.25) is 10.1 Å². The van der Waals surface area contributed by atoms with Gasteiger partial charge in [0.15, 0.2) is 0 Å². The van der Waals surface area contributed by atoms with Crippen molar-refractivity contribution in [1.82, 2.24) is 5.32 Å². The Kier molecular flexibility index (Phi) is 6.55. The summed E-state index contributed by atoms with van der Waals surface area (Å²) < 4.78 is 5.21. The number of alkyl carbamates (subject to hydrolysis) is 1. The van der Waals surface area contributed by atoms with Gasteiger partial charge >= 0.3 is 12.1 Å². The molecular weight excluding hydrogens is 342 g/mol. The monoisotopic (exact) mass is 367 g/mol. The number of rotatable bonds is 7. The predicted molar refractivity (Wildman–Crippen MR) is 96.6 cm³/mol. The highest BCUT2D eigenvalue weighted by molar-refractivity contribution is 5.89. The maximum Gasteiger partial charge on any atom is 0.408 e. The van der Waals surface area contributed by atoms with Gasteiger partial charge in [-0.2, -0.15) is 0 Å². The van der Waals surface area contributed by atoms with Gasteiger partial charge in [0.25, 0.3) is 5.69 Å². The van der Waals surface area contributed by atoms with Gasteiger partial charge in [-0.15, -0.1) is 0 Å². The van der Waals surface area contributed by atoms with Crippen molar-refractivity contribution < 1.29 is 24.4 Å². The van der Waals surface area contributed by atoms with Crippen molar-refractivity contribution in [2.24, 2.45) is 0 Å². The third kappa shape index (κ3) is 6.96. The fraction of sp³-hybridized carbons (Fsp3) is 0.529. The Morgan fingerprint density at radius 2 is 1.85 bits per heavy atom. The molecule has 1 amide bonds. The average molecular weight is 367 g/mol. The van der Waals surface area contributed by atoms with Crippen molar-refractivity contribution in [3.63, 3.8) is 0 Å². The van der Waals surface area contributed by atoms with E-state index < -0.39 is 28.1 Å². The Bertz CT molecular complexity index is 694. The molecule has 144 valence electrons. The highest BCUT2D eigenvalue weighted by Gasteiger charge is 2.25. The molecule has 0 unspecified atom stereocenters. The van der Waals surface area contributed by atoms with Crippen LogP contribution in [0.1, 0.15) is 51.4 Å². The second-order valence-electron chi connectivity index (χ2n) is 7.48. The Morgan fingerprint density at radius 1 is 1.23 bits per heavy atom. The van der Waals surface area contributed by atoms with Crippen molar-refractivity contribution in [2.75, 3.05) is 11.9 Å². The quantitative estimate of drug-likeness (QED) is 0.497. The van der Waals surface area contributed by atoms with Crippen molar-refractivity contribution in [3.05, 3.63) is 33.9 Å². The number of aromatic carboxylic acids is 1. The lowest BCUT2D eigenvalue weighted by Crippen LogP contribution is -2.46. The van der Waals surface area contributed by atoms with Gasteiger partial charge in [0.05, 0.1) is 10.5 Å². The Morgan fingerprint density at radius 3 is 2.35 bits per heavy atom. The van der Waals surface area contributed by atoms with Crippen molar-refractivity contribution >= 4 is 23.4 Å². The molecule has 1 aromatic rings. The van der Waals surface area contributed by atoms with Crippen LogP contribution in [0.25, 0.3) is 0 Å². The van der Waals surface area contributed by atoms with Gasteiger partial charge in [-0.25, -0.2) is 9.59 Å². The van der Waals surface area contributed by atoms with Gasteiger partial charge in [0.1, 0.15) is 11.3 Å². The molecule has 0 aliphatic heterocycles. The number of hydrogen-bond acceptors (Lipinski definition) is 6. The summed E-state index contributed by atoms with van der Waals surface area (Å²) in [6, 6.07) is 3.66. The number of benzene rings is 1. The normalized spacial score (nSPS) is 11.6. The predicted octanol–water partition coefficient (Wildman–Crippen LogP) is 3.40. The highest BCUT2D eigenvalue weighted by Crippen LogP contribution is 2.26. The first kappa shape index (κ1) is 21.2. The lowest BCUT2D eigenvalue weighted by molar-refractivity contribution is -0.384. The van der Waals surface area contributed by atoms with E-state index in [0.29, 0.717) is 13.0 Å². The molecule has 1 aromatic carbocycles. The zero-order valence-corrected chi connectivity index (χ0v) is 15.6. The van der Waals surface area contributed by atoms with Crippen LogP contribution in [-0.4, -0.2) is 39.8 Å². The largest absolute Gasteiger partial charge is 0.478 e. The van der Waals surface area contributed by atoms with E-state index in [1.807, 2.05) is 0 Å². The number of nitrogens with zero attached hydrogens (tertiary/aromatic N) is 1. The number of nitro benzene ring substituents is 1. The standard InChI is InChI=1S/C17H25N3O6/c1-16(2,3)26-15(23)19-17(4,5)8-9-18-12-7-6-11(14(21)22)10-13(12)20(24)25/h6-7,10,18H,8-9H2,1-5H3,(H,19,23)(H,21,22). The van der Waals surface area contributed by atoms with Crippen LogP contribution in [0.3, 0.4) is 0 Å². The van der Waals surface area contributed by atoms with Gasteiger partial charge in [-0.05, 0) is 53.2 Å². The minimum Gasteiger partial charge on any atom is -0.478 e. The topological polar surface area (TPSA) is 131 Å². The third-order valence-corrected chi connectivity index (χ3v) is 3.35. The molecule has 0 fully saturated rings. The lowest BCUT2D eigenvalue weighted by atomic mass is 10.0. The Hall–Kier alpha value is -2.84.